The van der Waals surface area contributed by atoms with Crippen LogP contribution in [0.1, 0.15) is 5.56 Å². The van der Waals surface area contributed by atoms with Crippen molar-refractivity contribution in [3.8, 4) is 5.75 Å². The summed E-state index contributed by atoms with van der Waals surface area (Å²) in [4.78, 5) is 11.6. The molecule has 0 fully saturated rings. The fourth-order valence-corrected chi connectivity index (χ4v) is 2.10. The van der Waals surface area contributed by atoms with Gasteiger partial charge >= 0.3 is 6.03 Å². The Bertz CT molecular complexity index is 635. The van der Waals surface area contributed by atoms with Gasteiger partial charge in [0, 0.05) is 11.6 Å². The molecule has 2 aromatic carbocycles. The van der Waals surface area contributed by atoms with E-state index in [1.165, 1.54) is 12.1 Å². The summed E-state index contributed by atoms with van der Waals surface area (Å²) in [5, 5.41) is 6.03. The van der Waals surface area contributed by atoms with Gasteiger partial charge in [0.2, 0.25) is 0 Å². The lowest BCUT2D eigenvalue weighted by Gasteiger charge is -2.09. The minimum Gasteiger partial charge on any atom is -0.492 e. The molecule has 4 nitrogen and oxygen atoms in total. The molecule has 0 radical (unpaired) electrons. The van der Waals surface area contributed by atoms with Gasteiger partial charge < -0.3 is 15.4 Å². The van der Waals surface area contributed by atoms with E-state index in [1.807, 2.05) is 0 Å². The Morgan fingerprint density at radius 1 is 1.09 bits per heavy atom. The summed E-state index contributed by atoms with van der Waals surface area (Å²) in [6.45, 7) is 1.22. The van der Waals surface area contributed by atoms with E-state index in [0.29, 0.717) is 36.9 Å². The summed E-state index contributed by atoms with van der Waals surface area (Å²) in [6.07, 6.45) is 0.646. The van der Waals surface area contributed by atoms with Crippen molar-refractivity contribution in [2.45, 2.75) is 6.42 Å². The van der Waals surface area contributed by atoms with E-state index in [0.717, 1.165) is 5.56 Å². The molecule has 23 heavy (non-hydrogen) atoms. The highest BCUT2D eigenvalue weighted by atomic mass is 35.5. The Balaban J connectivity index is 1.57. The summed E-state index contributed by atoms with van der Waals surface area (Å²) in [5.74, 6) is 0.398. The third kappa shape index (κ3) is 6.57. The maximum atomic E-state index is 12.8. The van der Waals surface area contributed by atoms with Crippen LogP contribution in [0, 0.1) is 5.82 Å². The lowest BCUT2D eigenvalue weighted by atomic mass is 10.1. The molecular formula is C17H18ClFN2O2. The number of hydrogen-bond acceptors (Lipinski definition) is 2. The van der Waals surface area contributed by atoms with Crippen molar-refractivity contribution in [3.05, 3.63) is 64.9 Å². The van der Waals surface area contributed by atoms with Crippen LogP contribution in [-0.2, 0) is 6.42 Å². The van der Waals surface area contributed by atoms with Crippen LogP contribution >= 0.6 is 11.6 Å². The second-order valence-corrected chi connectivity index (χ2v) is 5.30. The number of amides is 2. The Morgan fingerprint density at radius 2 is 1.83 bits per heavy atom. The van der Waals surface area contributed by atoms with Gasteiger partial charge in [0.15, 0.2) is 0 Å². The zero-order valence-corrected chi connectivity index (χ0v) is 13.3. The van der Waals surface area contributed by atoms with Gasteiger partial charge in [0.05, 0.1) is 6.54 Å². The van der Waals surface area contributed by atoms with Gasteiger partial charge in [0.1, 0.15) is 18.2 Å². The first-order valence-corrected chi connectivity index (χ1v) is 7.66. The van der Waals surface area contributed by atoms with Gasteiger partial charge in [-0.15, -0.1) is 0 Å². The minimum atomic E-state index is -0.265. The largest absolute Gasteiger partial charge is 0.492 e. The number of rotatable bonds is 7. The number of carbonyl (C=O) groups excluding carboxylic acids is 1. The highest BCUT2D eigenvalue weighted by Gasteiger charge is 2.00. The third-order valence-corrected chi connectivity index (χ3v) is 3.30. The molecule has 0 aromatic heterocycles. The molecule has 2 rings (SSSR count). The minimum absolute atomic E-state index is 0.262. The highest BCUT2D eigenvalue weighted by Crippen LogP contribution is 2.16. The van der Waals surface area contributed by atoms with Crippen LogP contribution in [0.2, 0.25) is 5.02 Å². The van der Waals surface area contributed by atoms with E-state index in [-0.39, 0.29) is 11.8 Å². The maximum absolute atomic E-state index is 12.8. The van der Waals surface area contributed by atoms with Crippen LogP contribution in [-0.4, -0.2) is 25.7 Å². The number of carbonyl (C=O) groups is 1. The zero-order chi connectivity index (χ0) is 16.5. The third-order valence-electron chi connectivity index (χ3n) is 3.06. The lowest BCUT2D eigenvalue weighted by Crippen LogP contribution is -2.38. The molecule has 6 heteroatoms. The van der Waals surface area contributed by atoms with Crippen molar-refractivity contribution in [1.29, 1.82) is 0 Å². The molecule has 2 N–H and O–H groups in total. The smallest absolute Gasteiger partial charge is 0.314 e. The molecular weight excluding hydrogens is 319 g/mol. The molecule has 2 amide bonds. The zero-order valence-electron chi connectivity index (χ0n) is 12.5. The van der Waals surface area contributed by atoms with Crippen LogP contribution in [0.4, 0.5) is 9.18 Å². The summed E-state index contributed by atoms with van der Waals surface area (Å²) < 4.78 is 18.2. The average molecular weight is 337 g/mol. The van der Waals surface area contributed by atoms with Gasteiger partial charge in [-0.1, -0.05) is 29.8 Å². The lowest BCUT2D eigenvalue weighted by molar-refractivity contribution is 0.236. The van der Waals surface area contributed by atoms with Gasteiger partial charge in [0.25, 0.3) is 0 Å². The van der Waals surface area contributed by atoms with Gasteiger partial charge in [-0.2, -0.15) is 0 Å². The summed E-state index contributed by atoms with van der Waals surface area (Å²) in [5.41, 5.74) is 0.969. The van der Waals surface area contributed by atoms with Crippen molar-refractivity contribution in [3.63, 3.8) is 0 Å². The molecule has 0 spiro atoms. The highest BCUT2D eigenvalue weighted by molar-refractivity contribution is 6.30. The van der Waals surface area contributed by atoms with Crippen molar-refractivity contribution in [2.75, 3.05) is 19.7 Å². The van der Waals surface area contributed by atoms with E-state index in [4.69, 9.17) is 16.3 Å². The monoisotopic (exact) mass is 336 g/mol. The van der Waals surface area contributed by atoms with Crippen LogP contribution < -0.4 is 15.4 Å². The standard InChI is InChI=1S/C17H18ClFN2O2/c18-14-2-1-3-16(12-14)23-11-10-21-17(22)20-9-8-13-4-6-15(19)7-5-13/h1-7,12H,8-11H2,(H2,20,21,22). The molecule has 0 saturated heterocycles. The fourth-order valence-electron chi connectivity index (χ4n) is 1.92. The molecule has 2 aromatic rings. The predicted molar refractivity (Wildman–Crippen MR) is 88.5 cm³/mol. The molecule has 0 saturated carbocycles. The van der Waals surface area contributed by atoms with Gasteiger partial charge in [-0.05, 0) is 42.3 Å². The van der Waals surface area contributed by atoms with Crippen molar-refractivity contribution in [1.82, 2.24) is 10.6 Å². The molecule has 0 heterocycles. The topological polar surface area (TPSA) is 50.4 Å². The SMILES string of the molecule is O=C(NCCOc1cccc(Cl)c1)NCCc1ccc(F)cc1. The summed E-state index contributed by atoms with van der Waals surface area (Å²) in [7, 11) is 0. The Kier molecular flexibility index (Phi) is 6.69. The van der Waals surface area contributed by atoms with Gasteiger partial charge in [-0.25, -0.2) is 9.18 Å². The molecule has 0 aliphatic carbocycles. The summed E-state index contributed by atoms with van der Waals surface area (Å²) >= 11 is 5.84. The first kappa shape index (κ1) is 17.1. The van der Waals surface area contributed by atoms with Crippen molar-refractivity contribution < 1.29 is 13.9 Å². The molecule has 122 valence electrons. The van der Waals surface area contributed by atoms with E-state index in [2.05, 4.69) is 10.6 Å². The van der Waals surface area contributed by atoms with Crippen LogP contribution in [0.25, 0.3) is 0 Å². The van der Waals surface area contributed by atoms with Crippen molar-refractivity contribution in [2.24, 2.45) is 0 Å². The average Bonchev–Trinajstić information content (AvgIpc) is 2.54. The van der Waals surface area contributed by atoms with E-state index >= 15 is 0 Å². The quantitative estimate of drug-likeness (QED) is 0.761. The van der Waals surface area contributed by atoms with Crippen molar-refractivity contribution >= 4 is 17.6 Å². The second-order valence-electron chi connectivity index (χ2n) is 4.86. The molecule has 0 atom stereocenters. The number of urea groups is 1. The molecule has 0 aliphatic rings. The summed E-state index contributed by atoms with van der Waals surface area (Å²) in [6, 6.07) is 13.0. The Morgan fingerprint density at radius 3 is 2.57 bits per heavy atom. The Labute approximate surface area is 139 Å². The van der Waals surface area contributed by atoms with Crippen LogP contribution in [0.3, 0.4) is 0 Å². The van der Waals surface area contributed by atoms with E-state index in [9.17, 15) is 9.18 Å². The maximum Gasteiger partial charge on any atom is 0.314 e. The number of ether oxygens (including phenoxy) is 1. The molecule has 0 unspecified atom stereocenters. The fraction of sp³-hybridized carbons (Fsp3) is 0.235. The van der Waals surface area contributed by atoms with Crippen LogP contribution in [0.15, 0.2) is 48.5 Å². The Hall–Kier alpha value is -2.27. The number of halogens is 2. The number of hydrogen-bond donors (Lipinski definition) is 2. The molecule has 0 bridgehead atoms. The van der Waals surface area contributed by atoms with Crippen LogP contribution in [0.5, 0.6) is 5.75 Å². The molecule has 0 aliphatic heterocycles. The van der Waals surface area contributed by atoms with E-state index < -0.39 is 0 Å². The predicted octanol–water partition coefficient (Wildman–Crippen LogP) is 3.40. The van der Waals surface area contributed by atoms with Gasteiger partial charge in [-0.3, -0.25) is 0 Å². The first-order chi connectivity index (χ1) is 11.1. The number of nitrogens with one attached hydrogen (secondary N) is 2. The van der Waals surface area contributed by atoms with E-state index in [1.54, 1.807) is 36.4 Å². The first-order valence-electron chi connectivity index (χ1n) is 7.28. The normalized spacial score (nSPS) is 10.2. The number of benzene rings is 2. The second kappa shape index (κ2) is 9.00.